The number of carbonyl (C=O) groups is 2. The Balaban J connectivity index is 1.52. The van der Waals surface area contributed by atoms with E-state index < -0.39 is 35.1 Å². The van der Waals surface area contributed by atoms with Crippen LogP contribution in [0.2, 0.25) is 0 Å². The van der Waals surface area contributed by atoms with E-state index in [1.54, 1.807) is 27.7 Å². The maximum atomic E-state index is 12.8. The third kappa shape index (κ3) is 3.28. The summed E-state index contributed by atoms with van der Waals surface area (Å²) in [7, 11) is 0. The second-order valence-corrected chi connectivity index (χ2v) is 9.37. The molecule has 0 saturated carbocycles. The van der Waals surface area contributed by atoms with Crippen LogP contribution in [0.1, 0.15) is 44.7 Å². The van der Waals surface area contributed by atoms with Gasteiger partial charge in [0.05, 0.1) is 23.0 Å². The average Bonchev–Trinajstić information content (AvgIpc) is 3.10. The van der Waals surface area contributed by atoms with Crippen molar-refractivity contribution in [3.63, 3.8) is 0 Å². The largest absolute Gasteiger partial charge is 0.481 e. The SMILES string of the molecule is CC1(C)[C@H](NC(=O)OCC2c3ccccc3-c3ccccc32)[C@@H](C(=O)O)C(C)(C)N1[O]. The number of hydroxylamine groups is 2. The lowest BCUT2D eigenvalue weighted by Crippen LogP contribution is -2.54. The first-order valence-corrected chi connectivity index (χ1v) is 10.4. The van der Waals surface area contributed by atoms with Crippen molar-refractivity contribution >= 4 is 12.1 Å². The molecule has 1 saturated heterocycles. The molecule has 7 heteroatoms. The van der Waals surface area contributed by atoms with E-state index in [-0.39, 0.29) is 12.5 Å². The normalized spacial score (nSPS) is 23.8. The van der Waals surface area contributed by atoms with Crippen molar-refractivity contribution in [2.45, 2.75) is 50.7 Å². The number of ether oxygens (including phenoxy) is 1. The molecule has 0 unspecified atom stereocenters. The number of carboxylic acid groups (broad SMARTS) is 1. The van der Waals surface area contributed by atoms with Gasteiger partial charge >= 0.3 is 12.1 Å². The molecule has 163 valence electrons. The lowest BCUT2D eigenvalue weighted by Gasteiger charge is -2.33. The number of nitrogens with zero attached hydrogens (tertiary/aromatic N) is 1. The van der Waals surface area contributed by atoms with E-state index in [2.05, 4.69) is 17.4 Å². The zero-order chi connectivity index (χ0) is 22.6. The number of hydrogen-bond donors (Lipinski definition) is 2. The Morgan fingerprint density at radius 1 is 0.968 bits per heavy atom. The topological polar surface area (TPSA) is 98.8 Å². The Kier molecular flexibility index (Phi) is 5.06. The van der Waals surface area contributed by atoms with E-state index in [0.29, 0.717) is 0 Å². The van der Waals surface area contributed by atoms with E-state index in [9.17, 15) is 19.9 Å². The lowest BCUT2D eigenvalue weighted by atomic mass is 9.82. The third-order valence-corrected chi connectivity index (χ3v) is 6.79. The van der Waals surface area contributed by atoms with Gasteiger partial charge in [0.1, 0.15) is 6.61 Å². The van der Waals surface area contributed by atoms with Crippen molar-refractivity contribution in [1.82, 2.24) is 10.4 Å². The van der Waals surface area contributed by atoms with Gasteiger partial charge in [-0.05, 0) is 49.9 Å². The highest BCUT2D eigenvalue weighted by Crippen LogP contribution is 2.45. The average molecular weight is 423 g/mol. The smallest absolute Gasteiger partial charge is 0.407 e. The minimum atomic E-state index is -1.17. The molecule has 2 N–H and O–H groups in total. The molecule has 2 aromatic carbocycles. The number of benzene rings is 2. The van der Waals surface area contributed by atoms with Crippen LogP contribution in [0.4, 0.5) is 4.79 Å². The first kappa shape index (κ1) is 21.3. The molecule has 0 aromatic heterocycles. The Morgan fingerprint density at radius 3 is 2.00 bits per heavy atom. The number of fused-ring (bicyclic) bond motifs is 3. The molecule has 4 rings (SSSR count). The standard InChI is InChI=1S/C24H27N2O5/c1-23(2)19(21(27)28)20(24(3,4)26(23)30)25-22(29)31-13-18-16-11-7-5-9-14(16)15-10-6-8-12-17(15)18/h5-12,18-20H,13H2,1-4H3,(H,25,29)(H,27,28)/t19-,20+/m0/s1. The molecule has 7 nitrogen and oxygen atoms in total. The van der Waals surface area contributed by atoms with Crippen LogP contribution in [0.5, 0.6) is 0 Å². The van der Waals surface area contributed by atoms with E-state index in [1.807, 2.05) is 36.4 Å². The van der Waals surface area contributed by atoms with Gasteiger partial charge in [-0.1, -0.05) is 48.5 Å². The predicted octanol–water partition coefficient (Wildman–Crippen LogP) is 3.81. The molecule has 1 aliphatic heterocycles. The van der Waals surface area contributed by atoms with Crippen molar-refractivity contribution in [1.29, 1.82) is 0 Å². The van der Waals surface area contributed by atoms with Gasteiger partial charge in [-0.2, -0.15) is 0 Å². The lowest BCUT2D eigenvalue weighted by molar-refractivity contribution is -0.249. The Hall–Kier alpha value is -2.90. The summed E-state index contributed by atoms with van der Waals surface area (Å²) < 4.78 is 5.56. The first-order chi connectivity index (χ1) is 14.6. The number of amides is 1. The zero-order valence-corrected chi connectivity index (χ0v) is 18.1. The third-order valence-electron chi connectivity index (χ3n) is 6.79. The molecular formula is C24H27N2O5. The van der Waals surface area contributed by atoms with Gasteiger partial charge in [0.2, 0.25) is 0 Å². The van der Waals surface area contributed by atoms with E-state index in [4.69, 9.17) is 4.74 Å². The number of aliphatic carboxylic acids is 1. The predicted molar refractivity (Wildman–Crippen MR) is 114 cm³/mol. The number of carbonyl (C=O) groups excluding carboxylic acids is 1. The van der Waals surface area contributed by atoms with E-state index >= 15 is 0 Å². The molecular weight excluding hydrogens is 396 g/mol. The van der Waals surface area contributed by atoms with Crippen molar-refractivity contribution in [2.24, 2.45) is 5.92 Å². The zero-order valence-electron chi connectivity index (χ0n) is 18.1. The Morgan fingerprint density at radius 2 is 1.48 bits per heavy atom. The van der Waals surface area contributed by atoms with Gasteiger partial charge in [-0.25, -0.2) is 4.79 Å². The summed E-state index contributed by atoms with van der Waals surface area (Å²) in [5.74, 6) is -2.29. The summed E-state index contributed by atoms with van der Waals surface area (Å²) in [6, 6.07) is 15.1. The molecule has 2 aromatic rings. The van der Waals surface area contributed by atoms with Crippen LogP contribution in [0.3, 0.4) is 0 Å². The first-order valence-electron chi connectivity index (χ1n) is 10.4. The van der Waals surface area contributed by atoms with Crippen molar-refractivity contribution in [3.05, 3.63) is 59.7 Å². The molecule has 0 bridgehead atoms. The summed E-state index contributed by atoms with van der Waals surface area (Å²) >= 11 is 0. The minimum Gasteiger partial charge on any atom is -0.481 e. The van der Waals surface area contributed by atoms with Crippen LogP contribution in [0, 0.1) is 5.92 Å². The maximum Gasteiger partial charge on any atom is 0.407 e. The van der Waals surface area contributed by atoms with Gasteiger partial charge in [-0.3, -0.25) is 4.79 Å². The van der Waals surface area contributed by atoms with E-state index in [1.165, 1.54) is 0 Å². The maximum absolute atomic E-state index is 12.8. The molecule has 2 atom stereocenters. The second kappa shape index (κ2) is 7.35. The minimum absolute atomic E-state index is 0.0996. The van der Waals surface area contributed by atoms with Crippen molar-refractivity contribution < 1.29 is 24.6 Å². The van der Waals surface area contributed by atoms with Crippen molar-refractivity contribution in [3.8, 4) is 11.1 Å². The van der Waals surface area contributed by atoms with Gasteiger partial charge in [0.25, 0.3) is 0 Å². The molecule has 1 fully saturated rings. The van der Waals surface area contributed by atoms with Crippen LogP contribution < -0.4 is 5.32 Å². The van der Waals surface area contributed by atoms with Crippen LogP contribution >= 0.6 is 0 Å². The van der Waals surface area contributed by atoms with Gasteiger partial charge in [0, 0.05) is 5.92 Å². The number of hydrogen-bond acceptors (Lipinski definition) is 4. The monoisotopic (exact) mass is 423 g/mol. The number of carboxylic acids is 1. The number of rotatable bonds is 4. The summed E-state index contributed by atoms with van der Waals surface area (Å²) in [5.41, 5.74) is 2.16. The summed E-state index contributed by atoms with van der Waals surface area (Å²) in [6.45, 7) is 6.56. The number of alkyl carbamates (subject to hydrolysis) is 1. The summed E-state index contributed by atoms with van der Waals surface area (Å²) in [6.07, 6.45) is -0.725. The second-order valence-electron chi connectivity index (χ2n) is 9.37. The molecule has 1 heterocycles. The molecule has 31 heavy (non-hydrogen) atoms. The van der Waals surface area contributed by atoms with Gasteiger partial charge < -0.3 is 15.2 Å². The highest BCUT2D eigenvalue weighted by atomic mass is 16.5. The van der Waals surface area contributed by atoms with Crippen LogP contribution in [-0.4, -0.2) is 46.0 Å². The molecule has 0 spiro atoms. The summed E-state index contributed by atoms with van der Waals surface area (Å²) in [4.78, 5) is 24.6. The van der Waals surface area contributed by atoms with Crippen LogP contribution in [0.15, 0.2) is 48.5 Å². The summed E-state index contributed by atoms with van der Waals surface area (Å²) in [5, 5.41) is 25.9. The van der Waals surface area contributed by atoms with Crippen LogP contribution in [-0.2, 0) is 14.7 Å². The molecule has 1 radical (unpaired) electrons. The van der Waals surface area contributed by atoms with Gasteiger partial charge in [0.15, 0.2) is 0 Å². The van der Waals surface area contributed by atoms with E-state index in [0.717, 1.165) is 27.3 Å². The number of nitrogens with one attached hydrogen (secondary N) is 1. The fraction of sp³-hybridized carbons (Fsp3) is 0.417. The van der Waals surface area contributed by atoms with Crippen LogP contribution in [0.25, 0.3) is 11.1 Å². The van der Waals surface area contributed by atoms with Crippen molar-refractivity contribution in [2.75, 3.05) is 6.61 Å². The van der Waals surface area contributed by atoms with Gasteiger partial charge in [-0.15, -0.1) is 10.3 Å². The fourth-order valence-corrected chi connectivity index (χ4v) is 5.28. The highest BCUT2D eigenvalue weighted by molar-refractivity contribution is 5.79. The fourth-order valence-electron chi connectivity index (χ4n) is 5.28. The Bertz CT molecular complexity index is 987. The molecule has 2 aliphatic rings. The molecule has 1 amide bonds. The highest BCUT2D eigenvalue weighted by Gasteiger charge is 2.62. The Labute approximate surface area is 181 Å². The molecule has 1 aliphatic carbocycles. The quantitative estimate of drug-likeness (QED) is 0.779.